The number of aryl methyl sites for hydroxylation is 2. The number of ether oxygens (including phenoxy) is 1. The molecule has 176 valence electrons. The summed E-state index contributed by atoms with van der Waals surface area (Å²) in [4.78, 5) is 25.4. The Hall–Kier alpha value is -4.05. The van der Waals surface area contributed by atoms with Crippen molar-refractivity contribution < 1.29 is 18.7 Å². The van der Waals surface area contributed by atoms with Gasteiger partial charge in [-0.25, -0.2) is 4.68 Å². The first kappa shape index (κ1) is 23.1. The maximum Gasteiger partial charge on any atom is 0.276 e. The van der Waals surface area contributed by atoms with Crippen LogP contribution in [-0.4, -0.2) is 31.4 Å². The summed E-state index contributed by atoms with van der Waals surface area (Å²) in [6.07, 6.45) is 4.74. The number of hydrogen-bond donors (Lipinski definition) is 2. The van der Waals surface area contributed by atoms with E-state index in [0.717, 1.165) is 5.56 Å². The highest BCUT2D eigenvalue weighted by atomic mass is 35.5. The van der Waals surface area contributed by atoms with Crippen molar-refractivity contribution in [1.82, 2.24) is 24.9 Å². The highest BCUT2D eigenvalue weighted by Gasteiger charge is 2.20. The number of hydrogen-bond acceptors (Lipinski definition) is 6. The summed E-state index contributed by atoms with van der Waals surface area (Å²) in [5, 5.41) is 14.4. The van der Waals surface area contributed by atoms with Crippen LogP contribution in [0, 0.1) is 6.92 Å². The molecule has 0 saturated heterocycles. The van der Waals surface area contributed by atoms with Crippen LogP contribution in [0.5, 0.6) is 5.75 Å². The molecule has 2 N–H and O–H groups in total. The van der Waals surface area contributed by atoms with E-state index in [0.29, 0.717) is 23.1 Å². The molecule has 0 saturated carbocycles. The first-order valence-electron chi connectivity index (χ1n) is 10.5. The molecule has 0 radical (unpaired) electrons. The summed E-state index contributed by atoms with van der Waals surface area (Å²) in [7, 11) is 0. The minimum Gasteiger partial charge on any atom is -0.470 e. The molecule has 0 aliphatic carbocycles. The molecule has 0 aliphatic rings. The fourth-order valence-corrected chi connectivity index (χ4v) is 3.28. The number of nitrogens with one attached hydrogen (secondary N) is 2. The van der Waals surface area contributed by atoms with Crippen molar-refractivity contribution in [1.29, 1.82) is 0 Å². The van der Waals surface area contributed by atoms with Crippen molar-refractivity contribution in [3.8, 4) is 5.75 Å². The van der Waals surface area contributed by atoms with Gasteiger partial charge in [-0.1, -0.05) is 17.7 Å². The van der Waals surface area contributed by atoms with E-state index in [4.69, 9.17) is 20.8 Å². The molecular formula is C23H23ClN6O4. The van der Waals surface area contributed by atoms with E-state index in [9.17, 15) is 9.59 Å². The summed E-state index contributed by atoms with van der Waals surface area (Å²) in [5.74, 6) is 0.213. The number of furan rings is 1. The summed E-state index contributed by atoms with van der Waals surface area (Å²) < 4.78 is 14.0. The van der Waals surface area contributed by atoms with E-state index in [1.54, 1.807) is 41.3 Å². The predicted octanol–water partition coefficient (Wildman–Crippen LogP) is 3.87. The number of nitrogens with zero attached hydrogens (tertiary/aromatic N) is 4. The topological polar surface area (TPSA) is 116 Å². The van der Waals surface area contributed by atoms with Gasteiger partial charge in [-0.3, -0.25) is 14.3 Å². The molecule has 0 bridgehead atoms. The number of anilines is 1. The van der Waals surface area contributed by atoms with Crippen LogP contribution >= 0.6 is 11.6 Å². The monoisotopic (exact) mass is 482 g/mol. The molecule has 0 spiro atoms. The van der Waals surface area contributed by atoms with E-state index < -0.39 is 11.8 Å². The summed E-state index contributed by atoms with van der Waals surface area (Å²) in [6, 6.07) is 10.5. The van der Waals surface area contributed by atoms with Gasteiger partial charge in [0.15, 0.2) is 18.1 Å². The number of halogens is 1. The lowest BCUT2D eigenvalue weighted by molar-refractivity contribution is 0.0943. The lowest BCUT2D eigenvalue weighted by Crippen LogP contribution is -2.25. The third kappa shape index (κ3) is 5.46. The Kier molecular flexibility index (Phi) is 6.98. The first-order valence-corrected chi connectivity index (χ1v) is 10.9. The molecule has 34 heavy (non-hydrogen) atoms. The maximum atomic E-state index is 12.8. The van der Waals surface area contributed by atoms with Crippen LogP contribution in [0.1, 0.15) is 39.2 Å². The summed E-state index contributed by atoms with van der Waals surface area (Å²) >= 11 is 6.15. The minimum atomic E-state index is -0.483. The van der Waals surface area contributed by atoms with Crippen molar-refractivity contribution in [2.45, 2.75) is 33.7 Å². The molecule has 0 atom stereocenters. The van der Waals surface area contributed by atoms with Gasteiger partial charge >= 0.3 is 0 Å². The molecule has 3 aromatic heterocycles. The average Bonchev–Trinajstić information content (AvgIpc) is 3.59. The second-order valence-electron chi connectivity index (χ2n) is 7.41. The number of carbonyl (C=O) groups excluding carboxylic acids is 2. The quantitative estimate of drug-likeness (QED) is 0.374. The molecule has 0 unspecified atom stereocenters. The number of benzene rings is 1. The Morgan fingerprint density at radius 1 is 1.15 bits per heavy atom. The van der Waals surface area contributed by atoms with Crippen LogP contribution in [0.2, 0.25) is 5.02 Å². The van der Waals surface area contributed by atoms with Gasteiger partial charge in [-0.2, -0.15) is 10.2 Å². The van der Waals surface area contributed by atoms with Crippen molar-refractivity contribution in [2.24, 2.45) is 0 Å². The molecule has 2 amide bonds. The van der Waals surface area contributed by atoms with Crippen LogP contribution in [0.15, 0.2) is 59.5 Å². The Morgan fingerprint density at radius 2 is 2.00 bits per heavy atom. The van der Waals surface area contributed by atoms with Crippen molar-refractivity contribution in [3.63, 3.8) is 0 Å². The third-order valence-corrected chi connectivity index (χ3v) is 5.18. The molecule has 4 rings (SSSR count). The second-order valence-corrected chi connectivity index (χ2v) is 7.82. The van der Waals surface area contributed by atoms with Gasteiger partial charge in [0, 0.05) is 18.9 Å². The number of rotatable bonds is 9. The van der Waals surface area contributed by atoms with Crippen molar-refractivity contribution in [2.75, 3.05) is 5.32 Å². The van der Waals surface area contributed by atoms with Crippen molar-refractivity contribution in [3.05, 3.63) is 82.8 Å². The largest absolute Gasteiger partial charge is 0.470 e. The van der Waals surface area contributed by atoms with Gasteiger partial charge in [-0.15, -0.1) is 0 Å². The zero-order valence-corrected chi connectivity index (χ0v) is 19.4. The maximum absolute atomic E-state index is 12.8. The van der Waals surface area contributed by atoms with E-state index in [1.807, 2.05) is 26.0 Å². The molecular weight excluding hydrogens is 460 g/mol. The summed E-state index contributed by atoms with van der Waals surface area (Å²) in [5.41, 5.74) is 1.54. The normalized spacial score (nSPS) is 10.8. The van der Waals surface area contributed by atoms with E-state index >= 15 is 0 Å². The standard InChI is InChI=1S/C23H23ClN6O4/c1-3-29-13-19(21(28-29)23(32)25-12-16-5-4-10-33-16)26-22(31)18-8-9-30(27-18)14-34-20-11-15(2)6-7-17(20)24/h4-11,13H,3,12,14H2,1-2H3,(H,25,32)(H,26,31). The van der Waals surface area contributed by atoms with Gasteiger partial charge in [-0.05, 0) is 49.7 Å². The first-order chi connectivity index (χ1) is 16.4. The van der Waals surface area contributed by atoms with Crippen LogP contribution in [0.3, 0.4) is 0 Å². The van der Waals surface area contributed by atoms with E-state index in [2.05, 4.69) is 20.8 Å². The average molecular weight is 483 g/mol. The van der Waals surface area contributed by atoms with Crippen LogP contribution in [0.25, 0.3) is 0 Å². The Bertz CT molecular complexity index is 1290. The van der Waals surface area contributed by atoms with Crippen LogP contribution in [-0.2, 0) is 19.8 Å². The zero-order chi connectivity index (χ0) is 24.1. The van der Waals surface area contributed by atoms with Crippen molar-refractivity contribution >= 4 is 29.1 Å². The van der Waals surface area contributed by atoms with E-state index in [1.165, 1.54) is 10.9 Å². The van der Waals surface area contributed by atoms with Gasteiger partial charge in [0.1, 0.15) is 11.5 Å². The molecule has 0 fully saturated rings. The molecule has 10 nitrogen and oxygen atoms in total. The fraction of sp³-hybridized carbons (Fsp3) is 0.217. The number of amides is 2. The van der Waals surface area contributed by atoms with Gasteiger partial charge in [0.25, 0.3) is 11.8 Å². The predicted molar refractivity (Wildman–Crippen MR) is 125 cm³/mol. The third-order valence-electron chi connectivity index (χ3n) is 4.86. The molecule has 1 aromatic carbocycles. The molecule has 0 aliphatic heterocycles. The Labute approximate surface area is 200 Å². The molecule has 4 aromatic rings. The number of aromatic nitrogens is 4. The lowest BCUT2D eigenvalue weighted by Gasteiger charge is -2.08. The second kappa shape index (κ2) is 10.3. The SMILES string of the molecule is CCn1cc(NC(=O)c2ccn(COc3cc(C)ccc3Cl)n2)c(C(=O)NCc2ccco2)n1. The minimum absolute atomic E-state index is 0.0741. The Morgan fingerprint density at radius 3 is 2.76 bits per heavy atom. The highest BCUT2D eigenvalue weighted by molar-refractivity contribution is 6.32. The Balaban J connectivity index is 1.41. The van der Waals surface area contributed by atoms with Gasteiger partial charge in [0.2, 0.25) is 0 Å². The van der Waals surface area contributed by atoms with E-state index in [-0.39, 0.29) is 30.4 Å². The smallest absolute Gasteiger partial charge is 0.276 e. The van der Waals surface area contributed by atoms with Gasteiger partial charge in [0.05, 0.1) is 23.5 Å². The fourth-order valence-electron chi connectivity index (χ4n) is 3.10. The van der Waals surface area contributed by atoms with Gasteiger partial charge < -0.3 is 19.8 Å². The zero-order valence-electron chi connectivity index (χ0n) is 18.6. The lowest BCUT2D eigenvalue weighted by atomic mass is 10.2. The highest BCUT2D eigenvalue weighted by Crippen LogP contribution is 2.25. The summed E-state index contributed by atoms with van der Waals surface area (Å²) in [6.45, 7) is 4.62. The van der Waals surface area contributed by atoms with Crippen LogP contribution < -0.4 is 15.4 Å². The molecule has 11 heteroatoms. The van der Waals surface area contributed by atoms with Crippen LogP contribution in [0.4, 0.5) is 5.69 Å². The number of carbonyl (C=O) groups is 2. The molecule has 3 heterocycles.